The molecule has 1 saturated carbocycles. The molecule has 0 spiro atoms. The molecule has 2 aromatic carbocycles. The summed E-state index contributed by atoms with van der Waals surface area (Å²) in [5, 5.41) is 18.4. The molecule has 39 heavy (non-hydrogen) atoms. The van der Waals surface area contributed by atoms with E-state index in [-0.39, 0.29) is 11.8 Å². The first-order valence-corrected chi connectivity index (χ1v) is 13.7. The molecule has 2 fully saturated rings. The minimum atomic E-state index is -1.03. The highest BCUT2D eigenvalue weighted by atomic mass is 35.5. The van der Waals surface area contributed by atoms with Gasteiger partial charge in [0.25, 0.3) is 0 Å². The number of hydrogen-bond donors (Lipinski definition) is 1. The number of aryl methyl sites for hydroxylation is 2. The van der Waals surface area contributed by atoms with Crippen LogP contribution in [-0.4, -0.2) is 45.2 Å². The van der Waals surface area contributed by atoms with Gasteiger partial charge in [0.15, 0.2) is 5.69 Å². The molecule has 2 aromatic heterocycles. The lowest BCUT2D eigenvalue weighted by Gasteiger charge is -2.33. The fourth-order valence-corrected chi connectivity index (χ4v) is 5.73. The third kappa shape index (κ3) is 5.18. The third-order valence-corrected chi connectivity index (χ3v) is 8.07. The van der Waals surface area contributed by atoms with Crippen molar-refractivity contribution < 1.29 is 19.2 Å². The van der Waals surface area contributed by atoms with Crippen LogP contribution in [0.1, 0.15) is 59.0 Å². The van der Waals surface area contributed by atoms with Gasteiger partial charge in [-0.15, -0.1) is 0 Å². The van der Waals surface area contributed by atoms with Gasteiger partial charge >= 0.3 is 5.97 Å². The van der Waals surface area contributed by atoms with Crippen LogP contribution in [0, 0.1) is 6.92 Å². The number of aromatic nitrogens is 3. The predicted molar refractivity (Wildman–Crippen MR) is 149 cm³/mol. The summed E-state index contributed by atoms with van der Waals surface area (Å²) in [6, 6.07) is 15.7. The van der Waals surface area contributed by atoms with Crippen LogP contribution in [0.2, 0.25) is 5.02 Å². The first kappa shape index (κ1) is 25.6. The van der Waals surface area contributed by atoms with E-state index in [2.05, 4.69) is 27.3 Å². The van der Waals surface area contributed by atoms with Gasteiger partial charge < -0.3 is 19.3 Å². The SMILES string of the molecule is Cc1cccc(Cl)c1-c1noc(C2CC2)c1COC1CCN(c2ccc(-c3cc(C(=O)O)nn3C)cc2)CC1. The molecule has 0 amide bonds. The molecule has 1 aliphatic heterocycles. The number of aromatic carboxylic acids is 1. The molecular formula is C30H31ClN4O4. The number of benzene rings is 2. The number of piperidine rings is 1. The van der Waals surface area contributed by atoms with Crippen molar-refractivity contribution in [3.05, 3.63) is 76.1 Å². The van der Waals surface area contributed by atoms with E-state index in [4.69, 9.17) is 20.9 Å². The van der Waals surface area contributed by atoms with Gasteiger partial charge in [0.2, 0.25) is 0 Å². The molecule has 6 rings (SSSR count). The van der Waals surface area contributed by atoms with E-state index in [0.717, 1.165) is 83.9 Å². The summed E-state index contributed by atoms with van der Waals surface area (Å²) in [6.45, 7) is 4.31. The number of anilines is 1. The van der Waals surface area contributed by atoms with Crippen LogP contribution >= 0.6 is 11.6 Å². The number of hydrogen-bond acceptors (Lipinski definition) is 6. The fourth-order valence-electron chi connectivity index (χ4n) is 5.42. The standard InChI is InChI=1S/C30H31ClN4O4/c1-18-4-3-5-24(31)27(18)28-23(29(39-33-28)20-6-7-20)17-38-22-12-14-35(15-13-22)21-10-8-19(9-11-21)26-16-25(30(36)37)32-34(26)2/h3-5,8-11,16,20,22H,6-7,12-15,17H2,1-2H3,(H,36,37). The summed E-state index contributed by atoms with van der Waals surface area (Å²) < 4.78 is 13.9. The van der Waals surface area contributed by atoms with Crippen LogP contribution in [0.5, 0.6) is 0 Å². The number of nitrogens with zero attached hydrogens (tertiary/aromatic N) is 4. The maximum Gasteiger partial charge on any atom is 0.356 e. The Kier molecular flexibility index (Phi) is 6.91. The van der Waals surface area contributed by atoms with Crippen molar-refractivity contribution in [1.82, 2.24) is 14.9 Å². The number of ether oxygens (including phenoxy) is 1. The average molecular weight is 547 g/mol. The summed E-state index contributed by atoms with van der Waals surface area (Å²) in [6.07, 6.45) is 4.27. The van der Waals surface area contributed by atoms with Crippen molar-refractivity contribution in [2.75, 3.05) is 18.0 Å². The Hall–Kier alpha value is -3.62. The van der Waals surface area contributed by atoms with Crippen molar-refractivity contribution in [2.24, 2.45) is 7.05 Å². The smallest absolute Gasteiger partial charge is 0.356 e. The summed E-state index contributed by atoms with van der Waals surface area (Å²) in [7, 11) is 1.76. The summed E-state index contributed by atoms with van der Waals surface area (Å²) in [4.78, 5) is 13.6. The van der Waals surface area contributed by atoms with Crippen LogP contribution in [0.15, 0.2) is 53.1 Å². The molecule has 1 N–H and O–H groups in total. The summed E-state index contributed by atoms with van der Waals surface area (Å²) in [5.41, 5.74) is 6.74. The zero-order chi connectivity index (χ0) is 27.1. The van der Waals surface area contributed by atoms with E-state index in [1.54, 1.807) is 17.8 Å². The van der Waals surface area contributed by atoms with Gasteiger partial charge in [-0.1, -0.05) is 41.0 Å². The summed E-state index contributed by atoms with van der Waals surface area (Å²) in [5.74, 6) is 0.354. The van der Waals surface area contributed by atoms with Crippen molar-refractivity contribution in [1.29, 1.82) is 0 Å². The van der Waals surface area contributed by atoms with Gasteiger partial charge in [-0.05, 0) is 68.0 Å². The van der Waals surface area contributed by atoms with Crippen LogP contribution in [-0.2, 0) is 18.4 Å². The lowest BCUT2D eigenvalue weighted by Crippen LogP contribution is -2.37. The molecule has 1 aliphatic carbocycles. The molecule has 2 aliphatic rings. The second-order valence-corrected chi connectivity index (χ2v) is 10.9. The van der Waals surface area contributed by atoms with Crippen molar-refractivity contribution in [3.8, 4) is 22.5 Å². The second-order valence-electron chi connectivity index (χ2n) is 10.5. The van der Waals surface area contributed by atoms with E-state index in [0.29, 0.717) is 17.5 Å². The van der Waals surface area contributed by atoms with E-state index in [9.17, 15) is 9.90 Å². The number of carboxylic acids is 1. The van der Waals surface area contributed by atoms with Gasteiger partial charge in [0.05, 0.1) is 23.4 Å². The van der Waals surface area contributed by atoms with Crippen LogP contribution < -0.4 is 4.90 Å². The second kappa shape index (κ2) is 10.5. The molecule has 8 nitrogen and oxygen atoms in total. The summed E-state index contributed by atoms with van der Waals surface area (Å²) >= 11 is 6.57. The van der Waals surface area contributed by atoms with Gasteiger partial charge in [-0.25, -0.2) is 4.79 Å². The average Bonchev–Trinajstić information content (AvgIpc) is 3.58. The van der Waals surface area contributed by atoms with Crippen molar-refractivity contribution in [3.63, 3.8) is 0 Å². The number of rotatable bonds is 8. The monoisotopic (exact) mass is 546 g/mol. The molecule has 4 aromatic rings. The van der Waals surface area contributed by atoms with E-state index in [1.165, 1.54) is 0 Å². The lowest BCUT2D eigenvalue weighted by atomic mass is 10.0. The quantitative estimate of drug-likeness (QED) is 0.271. The van der Waals surface area contributed by atoms with E-state index < -0.39 is 5.97 Å². The molecule has 202 valence electrons. The Balaban J connectivity index is 1.10. The highest BCUT2D eigenvalue weighted by molar-refractivity contribution is 6.33. The Morgan fingerprint density at radius 1 is 1.13 bits per heavy atom. The predicted octanol–water partition coefficient (Wildman–Crippen LogP) is 6.47. The molecule has 3 heterocycles. The maximum absolute atomic E-state index is 11.3. The Morgan fingerprint density at radius 3 is 2.51 bits per heavy atom. The molecule has 9 heteroatoms. The lowest BCUT2D eigenvalue weighted by molar-refractivity contribution is 0.0246. The van der Waals surface area contributed by atoms with E-state index >= 15 is 0 Å². The van der Waals surface area contributed by atoms with E-state index in [1.807, 2.05) is 37.3 Å². The zero-order valence-electron chi connectivity index (χ0n) is 22.1. The highest BCUT2D eigenvalue weighted by Gasteiger charge is 2.34. The Bertz CT molecular complexity index is 1480. The van der Waals surface area contributed by atoms with Crippen LogP contribution in [0.25, 0.3) is 22.5 Å². The highest BCUT2D eigenvalue weighted by Crippen LogP contribution is 2.45. The van der Waals surface area contributed by atoms with Gasteiger partial charge in [-0.2, -0.15) is 5.10 Å². The number of halogens is 1. The Labute approximate surface area is 232 Å². The van der Waals surface area contributed by atoms with Crippen molar-refractivity contribution >= 4 is 23.3 Å². The topological polar surface area (TPSA) is 93.6 Å². The Morgan fingerprint density at radius 2 is 1.87 bits per heavy atom. The largest absolute Gasteiger partial charge is 0.476 e. The zero-order valence-corrected chi connectivity index (χ0v) is 22.8. The minimum absolute atomic E-state index is 0.0447. The first-order chi connectivity index (χ1) is 18.9. The molecule has 0 atom stereocenters. The molecular weight excluding hydrogens is 516 g/mol. The maximum atomic E-state index is 11.3. The molecule has 0 bridgehead atoms. The first-order valence-electron chi connectivity index (χ1n) is 13.4. The van der Waals surface area contributed by atoms with Gasteiger partial charge in [-0.3, -0.25) is 4.68 Å². The number of carboxylic acid groups (broad SMARTS) is 1. The number of carbonyl (C=O) groups is 1. The van der Waals surface area contributed by atoms with Crippen LogP contribution in [0.4, 0.5) is 5.69 Å². The van der Waals surface area contributed by atoms with Crippen LogP contribution in [0.3, 0.4) is 0 Å². The van der Waals surface area contributed by atoms with Gasteiger partial charge in [0, 0.05) is 42.9 Å². The normalized spacial score (nSPS) is 16.1. The molecule has 0 unspecified atom stereocenters. The van der Waals surface area contributed by atoms with Gasteiger partial charge in [0.1, 0.15) is 11.5 Å². The van der Waals surface area contributed by atoms with Crippen molar-refractivity contribution in [2.45, 2.75) is 51.2 Å². The third-order valence-electron chi connectivity index (χ3n) is 7.76. The minimum Gasteiger partial charge on any atom is -0.476 e. The fraction of sp³-hybridized carbons (Fsp3) is 0.367. The molecule has 0 radical (unpaired) electrons. The molecule has 1 saturated heterocycles.